The molecule has 1 N–H and O–H groups in total. The van der Waals surface area contributed by atoms with Gasteiger partial charge in [-0.3, -0.25) is 14.9 Å². The van der Waals surface area contributed by atoms with Crippen molar-refractivity contribution in [2.24, 2.45) is 0 Å². The third-order valence-electron chi connectivity index (χ3n) is 3.46. The fourth-order valence-corrected chi connectivity index (χ4v) is 2.24. The number of nitro benzene ring substituents is 1. The van der Waals surface area contributed by atoms with E-state index >= 15 is 0 Å². The molecule has 0 aliphatic heterocycles. The van der Waals surface area contributed by atoms with Gasteiger partial charge in [0.15, 0.2) is 0 Å². The molecule has 1 amide bonds. The van der Waals surface area contributed by atoms with Gasteiger partial charge in [0.1, 0.15) is 12.7 Å². The van der Waals surface area contributed by atoms with Crippen LogP contribution in [0.1, 0.15) is 15.9 Å². The Morgan fingerprint density at radius 2 is 1.96 bits per heavy atom. The summed E-state index contributed by atoms with van der Waals surface area (Å²) >= 11 is 0. The number of amides is 1. The SMILES string of the molecule is Cc1cc(C(=O)Nc2ccc(-n3cncn3)cc2)ccc1[N+](=O)[O-]. The summed E-state index contributed by atoms with van der Waals surface area (Å²) in [6, 6.07) is 11.3. The molecule has 8 heteroatoms. The summed E-state index contributed by atoms with van der Waals surface area (Å²) in [5.74, 6) is -0.332. The average Bonchev–Trinajstić information content (AvgIpc) is 3.09. The lowest BCUT2D eigenvalue weighted by Crippen LogP contribution is -2.12. The lowest BCUT2D eigenvalue weighted by atomic mass is 10.1. The molecule has 120 valence electrons. The Hall–Kier alpha value is -3.55. The number of carbonyl (C=O) groups is 1. The lowest BCUT2D eigenvalue weighted by Gasteiger charge is -2.07. The molecule has 2 aromatic carbocycles. The van der Waals surface area contributed by atoms with Crippen LogP contribution in [0.2, 0.25) is 0 Å². The quantitative estimate of drug-likeness (QED) is 0.587. The Morgan fingerprint density at radius 1 is 1.21 bits per heavy atom. The normalized spacial score (nSPS) is 10.4. The standard InChI is InChI=1S/C16H13N5O3/c1-11-8-12(2-7-15(11)21(23)24)16(22)19-13-3-5-14(6-4-13)20-10-17-9-18-20/h2-10H,1H3,(H,19,22). The fraction of sp³-hybridized carbons (Fsp3) is 0.0625. The lowest BCUT2D eigenvalue weighted by molar-refractivity contribution is -0.385. The highest BCUT2D eigenvalue weighted by Crippen LogP contribution is 2.20. The van der Waals surface area contributed by atoms with Crippen molar-refractivity contribution in [3.8, 4) is 5.69 Å². The van der Waals surface area contributed by atoms with Crippen molar-refractivity contribution in [2.45, 2.75) is 6.92 Å². The van der Waals surface area contributed by atoms with Gasteiger partial charge in [0.05, 0.1) is 10.6 Å². The molecule has 0 saturated carbocycles. The van der Waals surface area contributed by atoms with E-state index in [-0.39, 0.29) is 11.6 Å². The van der Waals surface area contributed by atoms with E-state index in [1.807, 2.05) is 0 Å². The molecule has 0 aliphatic rings. The summed E-state index contributed by atoms with van der Waals surface area (Å²) in [5.41, 5.74) is 2.22. The van der Waals surface area contributed by atoms with Gasteiger partial charge >= 0.3 is 0 Å². The molecule has 0 spiro atoms. The van der Waals surface area contributed by atoms with Crippen LogP contribution < -0.4 is 5.32 Å². The zero-order valence-corrected chi connectivity index (χ0v) is 12.7. The van der Waals surface area contributed by atoms with Gasteiger partial charge in [0.2, 0.25) is 0 Å². The number of anilines is 1. The summed E-state index contributed by atoms with van der Waals surface area (Å²) in [6.07, 6.45) is 3.01. The van der Waals surface area contributed by atoms with Gasteiger partial charge in [0, 0.05) is 22.9 Å². The van der Waals surface area contributed by atoms with Crippen LogP contribution in [-0.2, 0) is 0 Å². The second-order valence-electron chi connectivity index (χ2n) is 5.10. The van der Waals surface area contributed by atoms with Gasteiger partial charge in [-0.1, -0.05) is 0 Å². The van der Waals surface area contributed by atoms with Gasteiger partial charge in [-0.05, 0) is 43.3 Å². The Bertz CT molecular complexity index is 889. The first-order valence-electron chi connectivity index (χ1n) is 7.06. The van der Waals surface area contributed by atoms with Crippen LogP contribution >= 0.6 is 0 Å². The van der Waals surface area contributed by atoms with Crippen molar-refractivity contribution in [3.05, 3.63) is 76.4 Å². The topological polar surface area (TPSA) is 103 Å². The van der Waals surface area contributed by atoms with Crippen molar-refractivity contribution >= 4 is 17.3 Å². The number of nitrogens with zero attached hydrogens (tertiary/aromatic N) is 4. The Morgan fingerprint density at radius 3 is 2.54 bits per heavy atom. The van der Waals surface area contributed by atoms with Crippen LogP contribution in [0.5, 0.6) is 0 Å². The van der Waals surface area contributed by atoms with Gasteiger partial charge in [-0.2, -0.15) is 5.10 Å². The minimum Gasteiger partial charge on any atom is -0.322 e. The minimum atomic E-state index is -0.472. The number of nitro groups is 1. The average molecular weight is 323 g/mol. The zero-order chi connectivity index (χ0) is 17.1. The smallest absolute Gasteiger partial charge is 0.272 e. The first kappa shape index (κ1) is 15.3. The Labute approximate surface area is 136 Å². The molecule has 3 aromatic rings. The summed E-state index contributed by atoms with van der Waals surface area (Å²) in [6.45, 7) is 1.60. The predicted molar refractivity (Wildman–Crippen MR) is 87.1 cm³/mol. The zero-order valence-electron chi connectivity index (χ0n) is 12.7. The van der Waals surface area contributed by atoms with Crippen LogP contribution in [0.15, 0.2) is 55.1 Å². The number of aryl methyl sites for hydroxylation is 1. The molecule has 0 saturated heterocycles. The minimum absolute atomic E-state index is 0.0104. The molecule has 1 aromatic heterocycles. The molecule has 24 heavy (non-hydrogen) atoms. The largest absolute Gasteiger partial charge is 0.322 e. The molecule has 1 heterocycles. The number of rotatable bonds is 4. The van der Waals surface area contributed by atoms with Crippen LogP contribution in [0, 0.1) is 17.0 Å². The Balaban J connectivity index is 1.75. The fourth-order valence-electron chi connectivity index (χ4n) is 2.24. The second-order valence-corrected chi connectivity index (χ2v) is 5.10. The van der Waals surface area contributed by atoms with E-state index in [0.717, 1.165) is 5.69 Å². The summed E-state index contributed by atoms with van der Waals surface area (Å²) in [5, 5.41) is 17.6. The first-order chi connectivity index (χ1) is 11.5. The van der Waals surface area contributed by atoms with Crippen molar-refractivity contribution < 1.29 is 9.72 Å². The van der Waals surface area contributed by atoms with Crippen molar-refractivity contribution in [3.63, 3.8) is 0 Å². The highest BCUT2D eigenvalue weighted by Gasteiger charge is 2.14. The van der Waals surface area contributed by atoms with Crippen molar-refractivity contribution in [2.75, 3.05) is 5.32 Å². The number of benzene rings is 2. The number of hydrogen-bond donors (Lipinski definition) is 1. The van der Waals surface area contributed by atoms with E-state index in [2.05, 4.69) is 15.4 Å². The molecule has 0 unspecified atom stereocenters. The van der Waals surface area contributed by atoms with Gasteiger partial charge in [-0.25, -0.2) is 9.67 Å². The maximum atomic E-state index is 12.3. The van der Waals surface area contributed by atoms with Crippen LogP contribution in [0.25, 0.3) is 5.69 Å². The van der Waals surface area contributed by atoms with E-state index < -0.39 is 4.92 Å². The molecule has 0 aliphatic carbocycles. The van der Waals surface area contributed by atoms with E-state index in [9.17, 15) is 14.9 Å². The van der Waals surface area contributed by atoms with Crippen LogP contribution in [0.3, 0.4) is 0 Å². The number of nitrogens with one attached hydrogen (secondary N) is 1. The molecule has 0 fully saturated rings. The predicted octanol–water partition coefficient (Wildman–Crippen LogP) is 2.74. The second kappa shape index (κ2) is 6.29. The van der Waals surface area contributed by atoms with E-state index in [1.54, 1.807) is 42.2 Å². The molecule has 0 atom stereocenters. The molecule has 3 rings (SSSR count). The first-order valence-corrected chi connectivity index (χ1v) is 7.06. The van der Waals surface area contributed by atoms with Gasteiger partial charge < -0.3 is 5.32 Å². The molecular weight excluding hydrogens is 310 g/mol. The molecule has 8 nitrogen and oxygen atoms in total. The Kier molecular flexibility index (Phi) is 4.02. The molecule has 0 radical (unpaired) electrons. The maximum absolute atomic E-state index is 12.3. The van der Waals surface area contributed by atoms with Crippen molar-refractivity contribution in [1.82, 2.24) is 14.8 Å². The van der Waals surface area contributed by atoms with E-state index in [4.69, 9.17) is 0 Å². The molecular formula is C16H13N5O3. The number of hydrogen-bond acceptors (Lipinski definition) is 5. The summed E-state index contributed by atoms with van der Waals surface area (Å²) in [7, 11) is 0. The van der Waals surface area contributed by atoms with Crippen molar-refractivity contribution in [1.29, 1.82) is 0 Å². The summed E-state index contributed by atoms with van der Waals surface area (Å²) in [4.78, 5) is 26.5. The van der Waals surface area contributed by atoms with E-state index in [1.165, 1.54) is 24.5 Å². The highest BCUT2D eigenvalue weighted by molar-refractivity contribution is 6.04. The highest BCUT2D eigenvalue weighted by atomic mass is 16.6. The van der Waals surface area contributed by atoms with Gasteiger partial charge in [-0.15, -0.1) is 0 Å². The maximum Gasteiger partial charge on any atom is 0.272 e. The summed E-state index contributed by atoms with van der Waals surface area (Å²) < 4.78 is 1.60. The van der Waals surface area contributed by atoms with Gasteiger partial charge in [0.25, 0.3) is 11.6 Å². The molecule has 0 bridgehead atoms. The third-order valence-corrected chi connectivity index (χ3v) is 3.46. The van der Waals surface area contributed by atoms with Crippen LogP contribution in [0.4, 0.5) is 11.4 Å². The monoisotopic (exact) mass is 323 g/mol. The van der Waals surface area contributed by atoms with E-state index in [0.29, 0.717) is 16.8 Å². The van der Waals surface area contributed by atoms with Crippen LogP contribution in [-0.4, -0.2) is 25.6 Å². The third kappa shape index (κ3) is 3.12. The number of carbonyl (C=O) groups excluding carboxylic acids is 1. The number of aromatic nitrogens is 3.